The summed E-state index contributed by atoms with van der Waals surface area (Å²) in [6, 6.07) is 9.57. The fourth-order valence-corrected chi connectivity index (χ4v) is 3.44. The summed E-state index contributed by atoms with van der Waals surface area (Å²) in [6.07, 6.45) is 1.43. The Kier molecular flexibility index (Phi) is 4.53. The number of carbonyl (C=O) groups is 3. The molecule has 0 bridgehead atoms. The number of carbonyl (C=O) groups excluding carboxylic acids is 3. The Balaban J connectivity index is 1.72. The molecule has 0 saturated carbocycles. The number of hydrogen-bond donors (Lipinski definition) is 2. The number of piperidine rings is 1. The van der Waals surface area contributed by atoms with Gasteiger partial charge in [0.1, 0.15) is 12.1 Å². The van der Waals surface area contributed by atoms with Crippen molar-refractivity contribution in [3.05, 3.63) is 35.9 Å². The van der Waals surface area contributed by atoms with Crippen molar-refractivity contribution in [1.82, 2.24) is 20.4 Å². The second-order valence-corrected chi connectivity index (χ2v) is 6.38. The maximum atomic E-state index is 12.8. The van der Waals surface area contributed by atoms with Crippen LogP contribution in [0.4, 0.5) is 4.79 Å². The lowest BCUT2D eigenvalue weighted by Gasteiger charge is -2.38. The number of urea groups is 1. The van der Waals surface area contributed by atoms with Crippen LogP contribution in [0.25, 0.3) is 0 Å². The van der Waals surface area contributed by atoms with Crippen molar-refractivity contribution < 1.29 is 14.4 Å². The third kappa shape index (κ3) is 3.12. The number of likely N-dealkylation sites (N-methyl/N-ethyl adjacent to an activating group) is 1. The van der Waals surface area contributed by atoms with Crippen LogP contribution in [0.5, 0.6) is 0 Å². The van der Waals surface area contributed by atoms with Crippen molar-refractivity contribution in [2.24, 2.45) is 0 Å². The smallest absolute Gasteiger partial charge is 0.325 e. The zero-order chi connectivity index (χ0) is 17.2. The molecule has 2 N–H and O–H groups in total. The molecular formula is C17H22N4O3. The minimum Gasteiger partial charge on any atom is -0.358 e. The lowest BCUT2D eigenvalue weighted by Crippen LogP contribution is -2.58. The van der Waals surface area contributed by atoms with Crippen LogP contribution >= 0.6 is 0 Å². The van der Waals surface area contributed by atoms with Crippen LogP contribution in [0.2, 0.25) is 0 Å². The van der Waals surface area contributed by atoms with Crippen LogP contribution in [0.15, 0.2) is 30.3 Å². The Morgan fingerprint density at radius 2 is 2.04 bits per heavy atom. The minimum absolute atomic E-state index is 0.235. The van der Waals surface area contributed by atoms with Crippen LogP contribution in [-0.4, -0.2) is 59.9 Å². The second kappa shape index (κ2) is 6.60. The zero-order valence-corrected chi connectivity index (χ0v) is 13.7. The normalized spacial score (nSPS) is 24.3. The molecule has 1 aromatic rings. The highest BCUT2D eigenvalue weighted by Crippen LogP contribution is 2.29. The fraction of sp³-hybridized carbons (Fsp3) is 0.471. The quantitative estimate of drug-likeness (QED) is 0.779. The Morgan fingerprint density at radius 1 is 1.29 bits per heavy atom. The Morgan fingerprint density at radius 3 is 2.75 bits per heavy atom. The largest absolute Gasteiger partial charge is 0.358 e. The molecule has 7 heteroatoms. The number of hydrogen-bond acceptors (Lipinski definition) is 4. The van der Waals surface area contributed by atoms with E-state index in [1.54, 1.807) is 0 Å². The van der Waals surface area contributed by atoms with Crippen LogP contribution in [-0.2, 0) is 16.1 Å². The summed E-state index contributed by atoms with van der Waals surface area (Å²) >= 11 is 0. The maximum Gasteiger partial charge on any atom is 0.325 e. The summed E-state index contributed by atoms with van der Waals surface area (Å²) < 4.78 is 0. The van der Waals surface area contributed by atoms with E-state index in [2.05, 4.69) is 15.5 Å². The van der Waals surface area contributed by atoms with E-state index in [-0.39, 0.29) is 18.4 Å². The average molecular weight is 330 g/mol. The third-order valence-corrected chi connectivity index (χ3v) is 4.65. The first kappa shape index (κ1) is 16.4. The molecule has 128 valence electrons. The molecule has 24 heavy (non-hydrogen) atoms. The lowest BCUT2D eigenvalue weighted by molar-refractivity contribution is -0.136. The Labute approximate surface area is 141 Å². The summed E-state index contributed by atoms with van der Waals surface area (Å²) in [5.74, 6) is -0.652. The molecule has 3 rings (SSSR count). The molecule has 2 aliphatic heterocycles. The molecule has 7 nitrogen and oxygen atoms in total. The second-order valence-electron chi connectivity index (χ2n) is 6.38. The van der Waals surface area contributed by atoms with Gasteiger partial charge in [0.05, 0.1) is 0 Å². The molecule has 1 spiro atoms. The Bertz CT molecular complexity index is 648. The number of nitrogens with zero attached hydrogens (tertiary/aromatic N) is 2. The van der Waals surface area contributed by atoms with Gasteiger partial charge in [-0.25, -0.2) is 4.79 Å². The molecule has 2 heterocycles. The van der Waals surface area contributed by atoms with Crippen molar-refractivity contribution >= 4 is 17.8 Å². The minimum atomic E-state index is -0.905. The van der Waals surface area contributed by atoms with Gasteiger partial charge in [-0.3, -0.25) is 19.4 Å². The fourth-order valence-electron chi connectivity index (χ4n) is 3.44. The molecular weight excluding hydrogens is 308 g/mol. The highest BCUT2D eigenvalue weighted by molar-refractivity contribution is 6.09. The molecule has 2 aliphatic rings. The standard InChI is InChI=1S/C17H22N4O3/c1-18-14(22)11-21-15(23)17(19-16(21)24)8-5-9-20(12-17)10-13-6-3-2-4-7-13/h2-4,6-7H,5,8-12H2,1H3,(H,18,22)(H,19,24). The van der Waals surface area contributed by atoms with Gasteiger partial charge in [-0.15, -0.1) is 0 Å². The lowest BCUT2D eigenvalue weighted by atomic mass is 9.88. The maximum absolute atomic E-state index is 12.8. The van der Waals surface area contributed by atoms with Crippen molar-refractivity contribution in [2.45, 2.75) is 24.9 Å². The predicted octanol–water partition coefficient (Wildman–Crippen LogP) is 0.319. The van der Waals surface area contributed by atoms with Gasteiger partial charge in [0.2, 0.25) is 5.91 Å². The van der Waals surface area contributed by atoms with Gasteiger partial charge in [-0.1, -0.05) is 30.3 Å². The van der Waals surface area contributed by atoms with Crippen LogP contribution in [0.1, 0.15) is 18.4 Å². The van der Waals surface area contributed by atoms with Gasteiger partial charge >= 0.3 is 6.03 Å². The Hall–Kier alpha value is -2.41. The molecule has 1 aromatic carbocycles. The van der Waals surface area contributed by atoms with Gasteiger partial charge < -0.3 is 10.6 Å². The van der Waals surface area contributed by atoms with Gasteiger partial charge in [-0.05, 0) is 24.9 Å². The first-order chi connectivity index (χ1) is 11.5. The summed E-state index contributed by atoms with van der Waals surface area (Å²) in [7, 11) is 1.48. The number of nitrogens with one attached hydrogen (secondary N) is 2. The van der Waals surface area contributed by atoms with Crippen molar-refractivity contribution in [3.8, 4) is 0 Å². The van der Waals surface area contributed by atoms with Crippen molar-refractivity contribution in [3.63, 3.8) is 0 Å². The summed E-state index contributed by atoms with van der Waals surface area (Å²) in [5, 5.41) is 5.27. The van der Waals surface area contributed by atoms with E-state index < -0.39 is 11.6 Å². The average Bonchev–Trinajstić information content (AvgIpc) is 2.80. The van der Waals surface area contributed by atoms with E-state index in [1.165, 1.54) is 12.6 Å². The van der Waals surface area contributed by atoms with Gasteiger partial charge in [0.25, 0.3) is 5.91 Å². The zero-order valence-electron chi connectivity index (χ0n) is 13.7. The third-order valence-electron chi connectivity index (χ3n) is 4.65. The van der Waals surface area contributed by atoms with E-state index in [9.17, 15) is 14.4 Å². The molecule has 4 amide bonds. The van der Waals surface area contributed by atoms with Crippen LogP contribution in [0, 0.1) is 0 Å². The van der Waals surface area contributed by atoms with E-state index in [4.69, 9.17) is 0 Å². The summed E-state index contributed by atoms with van der Waals surface area (Å²) in [6.45, 7) is 1.86. The summed E-state index contributed by atoms with van der Waals surface area (Å²) in [5.41, 5.74) is 0.270. The van der Waals surface area contributed by atoms with Gasteiger partial charge in [-0.2, -0.15) is 0 Å². The number of likely N-dealkylation sites (tertiary alicyclic amines) is 1. The van der Waals surface area contributed by atoms with E-state index in [1.807, 2.05) is 30.3 Å². The molecule has 1 unspecified atom stereocenters. The number of benzene rings is 1. The summed E-state index contributed by atoms with van der Waals surface area (Å²) in [4.78, 5) is 39.7. The molecule has 0 aliphatic carbocycles. The van der Waals surface area contributed by atoms with Gasteiger partial charge in [0.15, 0.2) is 0 Å². The van der Waals surface area contributed by atoms with Gasteiger partial charge in [0, 0.05) is 20.1 Å². The number of rotatable bonds is 4. The highest BCUT2D eigenvalue weighted by Gasteiger charge is 2.53. The first-order valence-electron chi connectivity index (χ1n) is 8.15. The molecule has 0 radical (unpaired) electrons. The number of amides is 4. The van der Waals surface area contributed by atoms with Crippen LogP contribution < -0.4 is 10.6 Å². The van der Waals surface area contributed by atoms with Crippen molar-refractivity contribution in [1.29, 1.82) is 0 Å². The van der Waals surface area contributed by atoms with Crippen LogP contribution in [0.3, 0.4) is 0 Å². The predicted molar refractivity (Wildman–Crippen MR) is 88.0 cm³/mol. The van der Waals surface area contributed by atoms with E-state index in [0.29, 0.717) is 13.0 Å². The molecule has 1 atom stereocenters. The first-order valence-corrected chi connectivity index (χ1v) is 8.15. The van der Waals surface area contributed by atoms with E-state index >= 15 is 0 Å². The topological polar surface area (TPSA) is 81.8 Å². The molecule has 2 fully saturated rings. The van der Waals surface area contributed by atoms with Crippen molar-refractivity contribution in [2.75, 3.05) is 26.7 Å². The SMILES string of the molecule is CNC(=O)CN1C(=O)NC2(CCCN(Cc3ccccc3)C2)C1=O. The molecule has 2 saturated heterocycles. The number of imide groups is 1. The van der Waals surface area contributed by atoms with E-state index in [0.717, 1.165) is 24.4 Å². The monoisotopic (exact) mass is 330 g/mol. The molecule has 0 aromatic heterocycles. The highest BCUT2D eigenvalue weighted by atomic mass is 16.2.